The molecule has 0 N–H and O–H groups in total. The summed E-state index contributed by atoms with van der Waals surface area (Å²) < 4.78 is 64.3. The minimum atomic E-state index is -4.78. The van der Waals surface area contributed by atoms with Gasteiger partial charge in [0.2, 0.25) is 0 Å². The topological polar surface area (TPSA) is 80.6 Å². The quantitative estimate of drug-likeness (QED) is 0.307. The molecule has 5 rings (SSSR count). The molecule has 2 aliphatic rings. The molecule has 8 nitrogen and oxygen atoms in total. The Hall–Kier alpha value is -3.06. The number of nitrogens with zero attached hydrogens (tertiary/aromatic N) is 5. The van der Waals surface area contributed by atoms with Crippen molar-refractivity contribution in [2.45, 2.75) is 75.8 Å². The third-order valence-electron chi connectivity index (χ3n) is 7.34. The van der Waals surface area contributed by atoms with E-state index in [1.165, 1.54) is 16.8 Å². The van der Waals surface area contributed by atoms with Crippen molar-refractivity contribution in [3.8, 4) is 0 Å². The van der Waals surface area contributed by atoms with Gasteiger partial charge in [0.1, 0.15) is 17.2 Å². The molecule has 2 aromatic heterocycles. The summed E-state index contributed by atoms with van der Waals surface area (Å²) >= 11 is 7.44. The summed E-state index contributed by atoms with van der Waals surface area (Å²) in [6, 6.07) is 1.63. The molecule has 0 aliphatic carbocycles. The van der Waals surface area contributed by atoms with Crippen LogP contribution in [0.15, 0.2) is 34.2 Å². The lowest BCUT2D eigenvalue weighted by atomic mass is 10.0. The third-order valence-corrected chi connectivity index (χ3v) is 9.10. The number of amides is 1. The SMILES string of the molecule is C[C@@H]1CN(c2nc(=O)n3c4c(c(Cl)c(C(F)(F)F)cc24)SC[C@H](c2ccncc2F)C3)C[C@H](C)N1C(=O)OC(C)(C)C. The number of hydrogen-bond acceptors (Lipinski definition) is 7. The molecular weight excluding hydrogens is 598 g/mol. The summed E-state index contributed by atoms with van der Waals surface area (Å²) in [5, 5.41) is -0.410. The average molecular weight is 628 g/mol. The molecule has 1 amide bonds. The van der Waals surface area contributed by atoms with Gasteiger partial charge in [0.15, 0.2) is 0 Å². The number of thioether (sulfide) groups is 1. The Kier molecular flexibility index (Phi) is 7.88. The van der Waals surface area contributed by atoms with E-state index in [-0.39, 0.29) is 47.0 Å². The van der Waals surface area contributed by atoms with Crippen LogP contribution in [0.4, 0.5) is 28.2 Å². The zero-order valence-corrected chi connectivity index (χ0v) is 25.2. The Morgan fingerprint density at radius 1 is 1.14 bits per heavy atom. The summed E-state index contributed by atoms with van der Waals surface area (Å²) in [7, 11) is 0. The van der Waals surface area contributed by atoms with Crippen molar-refractivity contribution in [2.75, 3.05) is 23.7 Å². The maximum atomic E-state index is 14.7. The molecule has 3 atom stereocenters. The van der Waals surface area contributed by atoms with Gasteiger partial charge in [-0.1, -0.05) is 11.6 Å². The van der Waals surface area contributed by atoms with Crippen molar-refractivity contribution in [1.29, 1.82) is 0 Å². The molecule has 0 spiro atoms. The molecule has 0 unspecified atom stereocenters. The van der Waals surface area contributed by atoms with Gasteiger partial charge in [0.05, 0.1) is 39.3 Å². The molecule has 226 valence electrons. The Morgan fingerprint density at radius 3 is 2.40 bits per heavy atom. The maximum Gasteiger partial charge on any atom is 0.417 e. The molecule has 42 heavy (non-hydrogen) atoms. The number of rotatable bonds is 2. The van der Waals surface area contributed by atoms with Crippen LogP contribution in [0.25, 0.3) is 10.9 Å². The van der Waals surface area contributed by atoms with Crippen LogP contribution in [0.2, 0.25) is 5.02 Å². The van der Waals surface area contributed by atoms with Gasteiger partial charge in [0.25, 0.3) is 0 Å². The normalized spacial score (nSPS) is 21.4. The van der Waals surface area contributed by atoms with E-state index in [9.17, 15) is 27.2 Å². The second-order valence-corrected chi connectivity index (χ2v) is 13.1. The van der Waals surface area contributed by atoms with Gasteiger partial charge in [-0.2, -0.15) is 18.2 Å². The van der Waals surface area contributed by atoms with Gasteiger partial charge in [0, 0.05) is 42.9 Å². The van der Waals surface area contributed by atoms with Gasteiger partial charge in [-0.15, -0.1) is 11.8 Å². The molecule has 0 bridgehead atoms. The van der Waals surface area contributed by atoms with Crippen molar-refractivity contribution in [3.05, 3.63) is 57.0 Å². The van der Waals surface area contributed by atoms with Crippen LogP contribution in [-0.2, 0) is 17.5 Å². The molecule has 1 saturated heterocycles. The molecule has 3 aromatic rings. The number of benzene rings is 1. The number of pyridine rings is 1. The standard InChI is InChI=1S/C28H30ClF4N5O3S/c1-14-10-36(11-15(2)38(14)26(40)41-27(3,4)5)24-18-8-19(28(31,32)33)21(29)23-22(18)37(25(39)35-24)12-16(13-42-23)17-6-7-34-9-20(17)30/h6-9,14-16H,10-13H2,1-5H3/t14-,15+,16-/m1/s1. The van der Waals surface area contributed by atoms with E-state index in [1.807, 2.05) is 0 Å². The van der Waals surface area contributed by atoms with Crippen LogP contribution in [-0.4, -0.2) is 62.1 Å². The second-order valence-electron chi connectivity index (χ2n) is 11.7. The molecule has 4 heterocycles. The lowest BCUT2D eigenvalue weighted by Gasteiger charge is -2.45. The Morgan fingerprint density at radius 2 is 1.81 bits per heavy atom. The fourth-order valence-electron chi connectivity index (χ4n) is 5.65. The van der Waals surface area contributed by atoms with Crippen molar-refractivity contribution in [3.63, 3.8) is 0 Å². The fraction of sp³-hybridized carbons (Fsp3) is 0.500. The minimum absolute atomic E-state index is 0.00946. The first kappa shape index (κ1) is 30.4. The third kappa shape index (κ3) is 5.64. The fourth-order valence-corrected chi connectivity index (χ4v) is 7.31. The smallest absolute Gasteiger partial charge is 0.417 e. The van der Waals surface area contributed by atoms with Crippen molar-refractivity contribution in [2.24, 2.45) is 0 Å². The van der Waals surface area contributed by atoms with E-state index in [4.69, 9.17) is 16.3 Å². The number of ether oxygens (including phenoxy) is 1. The lowest BCUT2D eigenvalue weighted by molar-refractivity contribution is -0.137. The van der Waals surface area contributed by atoms with E-state index in [0.29, 0.717) is 5.56 Å². The van der Waals surface area contributed by atoms with Crippen LogP contribution in [0.3, 0.4) is 0 Å². The number of alkyl halides is 3. The highest BCUT2D eigenvalue weighted by Crippen LogP contribution is 2.47. The van der Waals surface area contributed by atoms with Gasteiger partial charge in [-0.3, -0.25) is 14.5 Å². The van der Waals surface area contributed by atoms with Gasteiger partial charge in [-0.25, -0.2) is 14.0 Å². The lowest BCUT2D eigenvalue weighted by Crippen LogP contribution is -2.59. The number of halogens is 5. The number of aromatic nitrogens is 3. The number of carbonyl (C=O) groups is 1. The van der Waals surface area contributed by atoms with E-state index < -0.39 is 58.0 Å². The Labute approximate surface area is 249 Å². The van der Waals surface area contributed by atoms with Crippen molar-refractivity contribution in [1.82, 2.24) is 19.4 Å². The summed E-state index contributed by atoms with van der Waals surface area (Å²) in [4.78, 5) is 38.0. The van der Waals surface area contributed by atoms with Gasteiger partial charge >= 0.3 is 18.0 Å². The Balaban J connectivity index is 1.64. The second kappa shape index (κ2) is 10.9. The van der Waals surface area contributed by atoms with Crippen LogP contribution < -0.4 is 10.6 Å². The summed E-state index contributed by atoms with van der Waals surface area (Å²) in [6.07, 6.45) is -2.79. The molecule has 0 radical (unpaired) electrons. The van der Waals surface area contributed by atoms with Crippen molar-refractivity contribution >= 4 is 46.2 Å². The molecule has 2 aliphatic heterocycles. The highest BCUT2D eigenvalue weighted by atomic mass is 35.5. The average Bonchev–Trinajstić information content (AvgIpc) is 3.07. The van der Waals surface area contributed by atoms with Crippen LogP contribution in [0, 0.1) is 5.82 Å². The molecule has 1 aromatic carbocycles. The molecule has 14 heteroatoms. The summed E-state index contributed by atoms with van der Waals surface area (Å²) in [5.41, 5.74) is -1.93. The number of anilines is 1. The first-order chi connectivity index (χ1) is 19.6. The minimum Gasteiger partial charge on any atom is -0.444 e. The van der Waals surface area contributed by atoms with Crippen LogP contribution >= 0.6 is 23.4 Å². The monoisotopic (exact) mass is 627 g/mol. The predicted molar refractivity (Wildman–Crippen MR) is 153 cm³/mol. The Bertz CT molecular complexity index is 1600. The van der Waals surface area contributed by atoms with Gasteiger partial charge < -0.3 is 9.64 Å². The van der Waals surface area contributed by atoms with Crippen LogP contribution in [0.1, 0.15) is 51.7 Å². The van der Waals surface area contributed by atoms with E-state index in [2.05, 4.69) is 9.97 Å². The predicted octanol–water partition coefficient (Wildman–Crippen LogP) is 6.33. The number of carbonyl (C=O) groups excluding carboxylic acids is 1. The first-order valence-electron chi connectivity index (χ1n) is 13.4. The molecule has 0 saturated carbocycles. The number of hydrogen-bond donors (Lipinski definition) is 0. The highest BCUT2D eigenvalue weighted by Gasteiger charge is 2.40. The summed E-state index contributed by atoms with van der Waals surface area (Å²) in [5.74, 6) is -0.875. The maximum absolute atomic E-state index is 14.7. The highest BCUT2D eigenvalue weighted by molar-refractivity contribution is 7.99. The first-order valence-corrected chi connectivity index (χ1v) is 14.8. The van der Waals surface area contributed by atoms with E-state index in [1.54, 1.807) is 44.4 Å². The van der Waals surface area contributed by atoms with Crippen LogP contribution in [0.5, 0.6) is 0 Å². The zero-order chi connectivity index (χ0) is 30.7. The van der Waals surface area contributed by atoms with Gasteiger partial charge in [-0.05, 0) is 52.3 Å². The van der Waals surface area contributed by atoms with E-state index >= 15 is 0 Å². The zero-order valence-electron chi connectivity index (χ0n) is 23.6. The largest absolute Gasteiger partial charge is 0.444 e. The molecule has 1 fully saturated rings. The summed E-state index contributed by atoms with van der Waals surface area (Å²) in [6.45, 7) is 9.29. The molecular formula is C28H30ClF4N5O3S. The van der Waals surface area contributed by atoms with Crippen molar-refractivity contribution < 1.29 is 27.1 Å². The number of piperazine rings is 1. The van der Waals surface area contributed by atoms with E-state index in [0.717, 1.165) is 24.0 Å².